The molecule has 1 aromatic carbocycles. The van der Waals surface area contributed by atoms with E-state index in [1.807, 2.05) is 0 Å². The van der Waals surface area contributed by atoms with Gasteiger partial charge in [-0.2, -0.15) is 0 Å². The van der Waals surface area contributed by atoms with Gasteiger partial charge in [0.05, 0.1) is 7.11 Å². The number of para-hydroxylation sites is 2. The van der Waals surface area contributed by atoms with Gasteiger partial charge in [-0.1, -0.05) is 12.1 Å². The minimum atomic E-state index is -1.32. The number of ether oxygens (including phenoxy) is 2. The standard InChI is InChI=1S/C13H10O6/c1-17-9-4-2-3-5-10(9)19-12-7-18-11(13(15)16)6-8(12)14/h2-7H,1H3,(H,15,16). The molecule has 0 fully saturated rings. The molecule has 0 atom stereocenters. The van der Waals surface area contributed by atoms with Crippen molar-refractivity contribution in [3.63, 3.8) is 0 Å². The summed E-state index contributed by atoms with van der Waals surface area (Å²) < 4.78 is 15.2. The average Bonchev–Trinajstić information content (AvgIpc) is 2.41. The van der Waals surface area contributed by atoms with E-state index in [0.29, 0.717) is 11.5 Å². The van der Waals surface area contributed by atoms with Crippen molar-refractivity contribution in [3.05, 3.63) is 52.6 Å². The zero-order chi connectivity index (χ0) is 13.8. The van der Waals surface area contributed by atoms with Gasteiger partial charge in [0.15, 0.2) is 11.5 Å². The number of aromatic carboxylic acids is 1. The summed E-state index contributed by atoms with van der Waals surface area (Å²) in [6, 6.07) is 7.60. The summed E-state index contributed by atoms with van der Waals surface area (Å²) in [7, 11) is 1.47. The summed E-state index contributed by atoms with van der Waals surface area (Å²) >= 11 is 0. The third-order valence-electron chi connectivity index (χ3n) is 2.30. The Morgan fingerprint density at radius 3 is 2.47 bits per heavy atom. The molecule has 0 amide bonds. The summed E-state index contributed by atoms with van der Waals surface area (Å²) in [4.78, 5) is 22.3. The van der Waals surface area contributed by atoms with Crippen LogP contribution in [0.5, 0.6) is 17.2 Å². The van der Waals surface area contributed by atoms with Crippen LogP contribution in [0.1, 0.15) is 10.6 Å². The molecule has 0 saturated heterocycles. The fraction of sp³-hybridized carbons (Fsp3) is 0.0769. The van der Waals surface area contributed by atoms with E-state index in [1.54, 1.807) is 24.3 Å². The lowest BCUT2D eigenvalue weighted by Crippen LogP contribution is -2.08. The maximum absolute atomic E-state index is 11.7. The Hall–Kier alpha value is -2.76. The zero-order valence-corrected chi connectivity index (χ0v) is 9.95. The molecule has 6 heteroatoms. The number of benzene rings is 1. The van der Waals surface area contributed by atoms with E-state index in [1.165, 1.54) is 7.11 Å². The molecule has 2 aromatic rings. The normalized spacial score (nSPS) is 9.95. The van der Waals surface area contributed by atoms with Crippen LogP contribution in [-0.2, 0) is 0 Å². The highest BCUT2D eigenvalue weighted by Gasteiger charge is 2.12. The van der Waals surface area contributed by atoms with E-state index in [4.69, 9.17) is 19.0 Å². The molecular weight excluding hydrogens is 252 g/mol. The second kappa shape index (κ2) is 5.26. The molecule has 1 N–H and O–H groups in total. The fourth-order valence-corrected chi connectivity index (χ4v) is 1.41. The van der Waals surface area contributed by atoms with Crippen LogP contribution >= 0.6 is 0 Å². The topological polar surface area (TPSA) is 86.0 Å². The van der Waals surface area contributed by atoms with Crippen LogP contribution in [0.2, 0.25) is 0 Å². The third-order valence-corrected chi connectivity index (χ3v) is 2.30. The van der Waals surface area contributed by atoms with Gasteiger partial charge in [-0.05, 0) is 12.1 Å². The molecule has 1 heterocycles. The molecule has 19 heavy (non-hydrogen) atoms. The van der Waals surface area contributed by atoms with Gasteiger partial charge in [0.2, 0.25) is 16.9 Å². The minimum Gasteiger partial charge on any atom is -0.493 e. The lowest BCUT2D eigenvalue weighted by molar-refractivity contribution is 0.0659. The van der Waals surface area contributed by atoms with E-state index in [-0.39, 0.29) is 5.75 Å². The predicted octanol–water partition coefficient (Wildman–Crippen LogP) is 2.14. The number of rotatable bonds is 4. The van der Waals surface area contributed by atoms with Gasteiger partial charge in [0.1, 0.15) is 6.26 Å². The number of methoxy groups -OCH3 is 1. The minimum absolute atomic E-state index is 0.116. The molecule has 1 aromatic heterocycles. The van der Waals surface area contributed by atoms with Crippen LogP contribution in [0.4, 0.5) is 0 Å². The second-order valence-corrected chi connectivity index (χ2v) is 3.53. The Balaban J connectivity index is 2.34. The van der Waals surface area contributed by atoms with Crippen LogP contribution in [0.3, 0.4) is 0 Å². The van der Waals surface area contributed by atoms with Gasteiger partial charge in [-0.15, -0.1) is 0 Å². The van der Waals surface area contributed by atoms with Crippen molar-refractivity contribution in [1.82, 2.24) is 0 Å². The van der Waals surface area contributed by atoms with Gasteiger partial charge in [0, 0.05) is 6.07 Å². The van der Waals surface area contributed by atoms with Gasteiger partial charge >= 0.3 is 5.97 Å². The summed E-state index contributed by atoms with van der Waals surface area (Å²) in [6.07, 6.45) is 0.957. The van der Waals surface area contributed by atoms with Crippen molar-refractivity contribution in [2.75, 3.05) is 7.11 Å². The highest BCUT2D eigenvalue weighted by molar-refractivity contribution is 5.84. The summed E-state index contributed by atoms with van der Waals surface area (Å²) in [5, 5.41) is 8.68. The van der Waals surface area contributed by atoms with Crippen LogP contribution in [0, 0.1) is 0 Å². The van der Waals surface area contributed by atoms with E-state index < -0.39 is 17.2 Å². The lowest BCUT2D eigenvalue weighted by Gasteiger charge is -2.08. The molecule has 98 valence electrons. The molecule has 0 radical (unpaired) electrons. The highest BCUT2D eigenvalue weighted by atomic mass is 16.5. The molecule has 6 nitrogen and oxygen atoms in total. The summed E-state index contributed by atoms with van der Waals surface area (Å²) in [5.74, 6) is -1.10. The van der Waals surface area contributed by atoms with E-state index in [0.717, 1.165) is 12.3 Å². The predicted molar refractivity (Wildman–Crippen MR) is 65.0 cm³/mol. The molecule has 0 bridgehead atoms. The highest BCUT2D eigenvalue weighted by Crippen LogP contribution is 2.29. The lowest BCUT2D eigenvalue weighted by atomic mass is 10.3. The van der Waals surface area contributed by atoms with Gasteiger partial charge in [0.25, 0.3) is 0 Å². The zero-order valence-electron chi connectivity index (χ0n) is 9.95. The van der Waals surface area contributed by atoms with E-state index in [2.05, 4.69) is 0 Å². The second-order valence-electron chi connectivity index (χ2n) is 3.53. The first-order chi connectivity index (χ1) is 9.11. The quantitative estimate of drug-likeness (QED) is 0.908. The number of carboxylic acid groups (broad SMARTS) is 1. The Bertz CT molecular complexity index is 658. The number of hydrogen-bond donors (Lipinski definition) is 1. The molecule has 0 spiro atoms. The van der Waals surface area contributed by atoms with Crippen LogP contribution in [0.15, 0.2) is 45.8 Å². The van der Waals surface area contributed by atoms with E-state index >= 15 is 0 Å². The Morgan fingerprint density at radius 1 is 1.21 bits per heavy atom. The van der Waals surface area contributed by atoms with Crippen LogP contribution in [0.25, 0.3) is 0 Å². The Labute approximate surface area is 107 Å². The fourth-order valence-electron chi connectivity index (χ4n) is 1.41. The molecule has 0 saturated carbocycles. The van der Waals surface area contributed by atoms with Crippen LogP contribution in [-0.4, -0.2) is 18.2 Å². The van der Waals surface area contributed by atoms with E-state index in [9.17, 15) is 9.59 Å². The summed E-state index contributed by atoms with van der Waals surface area (Å²) in [5.41, 5.74) is -0.588. The first kappa shape index (κ1) is 12.7. The number of carbonyl (C=O) groups is 1. The number of carboxylic acids is 1. The first-order valence-electron chi connectivity index (χ1n) is 5.29. The largest absolute Gasteiger partial charge is 0.493 e. The van der Waals surface area contributed by atoms with Crippen molar-refractivity contribution in [1.29, 1.82) is 0 Å². The van der Waals surface area contributed by atoms with Gasteiger partial charge in [-0.3, -0.25) is 4.79 Å². The van der Waals surface area contributed by atoms with Crippen molar-refractivity contribution < 1.29 is 23.8 Å². The van der Waals surface area contributed by atoms with Gasteiger partial charge < -0.3 is 19.0 Å². The van der Waals surface area contributed by atoms with Crippen molar-refractivity contribution >= 4 is 5.97 Å². The van der Waals surface area contributed by atoms with Gasteiger partial charge in [-0.25, -0.2) is 4.79 Å². The van der Waals surface area contributed by atoms with Crippen LogP contribution < -0.4 is 14.9 Å². The molecule has 2 rings (SSSR count). The smallest absolute Gasteiger partial charge is 0.371 e. The van der Waals surface area contributed by atoms with Crippen molar-refractivity contribution in [2.45, 2.75) is 0 Å². The molecule has 0 unspecified atom stereocenters. The summed E-state index contributed by atoms with van der Waals surface area (Å²) in [6.45, 7) is 0. The third kappa shape index (κ3) is 2.74. The first-order valence-corrected chi connectivity index (χ1v) is 5.29. The Kier molecular flexibility index (Phi) is 3.51. The SMILES string of the molecule is COc1ccccc1Oc1coc(C(=O)O)cc1=O. The van der Waals surface area contributed by atoms with Crippen molar-refractivity contribution in [3.8, 4) is 17.2 Å². The molecular formula is C13H10O6. The molecule has 0 aliphatic heterocycles. The molecule has 0 aliphatic rings. The average molecular weight is 262 g/mol. The van der Waals surface area contributed by atoms with Crippen molar-refractivity contribution in [2.24, 2.45) is 0 Å². The Morgan fingerprint density at radius 2 is 1.89 bits per heavy atom. The monoisotopic (exact) mass is 262 g/mol. The maximum Gasteiger partial charge on any atom is 0.371 e. The molecule has 0 aliphatic carbocycles. The maximum atomic E-state index is 11.7. The number of hydrogen-bond acceptors (Lipinski definition) is 5.